The number of rotatable bonds is 7. The van der Waals surface area contributed by atoms with Crippen LogP contribution in [0.1, 0.15) is 17.5 Å². The number of benzene rings is 1. The van der Waals surface area contributed by atoms with Gasteiger partial charge in [0, 0.05) is 19.6 Å². The average molecular weight is 289 g/mol. The van der Waals surface area contributed by atoms with Gasteiger partial charge in [-0.05, 0) is 37.2 Å². The lowest BCUT2D eigenvalue weighted by Gasteiger charge is -2.26. The van der Waals surface area contributed by atoms with Crippen LogP contribution in [0.5, 0.6) is 5.75 Å². The molecule has 1 aliphatic heterocycles. The molecule has 0 bridgehead atoms. The van der Waals surface area contributed by atoms with Crippen molar-refractivity contribution in [1.82, 2.24) is 10.2 Å². The summed E-state index contributed by atoms with van der Waals surface area (Å²) >= 11 is 0. The zero-order valence-corrected chi connectivity index (χ0v) is 12.6. The molecule has 0 saturated carbocycles. The molecule has 1 fully saturated rings. The molecule has 2 rings (SSSR count). The monoisotopic (exact) mass is 289 g/mol. The number of ether oxygens (including phenoxy) is 2. The number of nitriles is 1. The van der Waals surface area contributed by atoms with Gasteiger partial charge in [-0.1, -0.05) is 6.07 Å². The van der Waals surface area contributed by atoms with E-state index in [4.69, 9.17) is 14.7 Å². The molecule has 0 amide bonds. The maximum absolute atomic E-state index is 8.95. The highest BCUT2D eigenvalue weighted by atomic mass is 16.5. The Kier molecular flexibility index (Phi) is 6.48. The first kappa shape index (κ1) is 15.8. The Bertz CT molecular complexity index is 479. The van der Waals surface area contributed by atoms with Gasteiger partial charge in [-0.2, -0.15) is 5.26 Å². The third-order valence-electron chi connectivity index (χ3n) is 3.65. The summed E-state index contributed by atoms with van der Waals surface area (Å²) in [6.45, 7) is 6.72. The van der Waals surface area contributed by atoms with Crippen LogP contribution in [0, 0.1) is 11.3 Å². The molecule has 0 unspecified atom stereocenters. The van der Waals surface area contributed by atoms with E-state index in [1.807, 2.05) is 18.2 Å². The quantitative estimate of drug-likeness (QED) is 0.769. The van der Waals surface area contributed by atoms with E-state index in [1.165, 1.54) is 0 Å². The Labute approximate surface area is 126 Å². The highest BCUT2D eigenvalue weighted by Crippen LogP contribution is 2.19. The molecule has 21 heavy (non-hydrogen) atoms. The van der Waals surface area contributed by atoms with Crippen molar-refractivity contribution in [1.29, 1.82) is 5.26 Å². The summed E-state index contributed by atoms with van der Waals surface area (Å²) in [6, 6.07) is 7.83. The zero-order chi connectivity index (χ0) is 14.9. The van der Waals surface area contributed by atoms with Crippen molar-refractivity contribution in [3.63, 3.8) is 0 Å². The fourth-order valence-corrected chi connectivity index (χ4v) is 2.42. The molecule has 1 N–H and O–H groups in total. The molecule has 1 saturated heterocycles. The van der Waals surface area contributed by atoms with E-state index in [-0.39, 0.29) is 0 Å². The van der Waals surface area contributed by atoms with Crippen molar-refractivity contribution in [2.75, 3.05) is 46.5 Å². The summed E-state index contributed by atoms with van der Waals surface area (Å²) in [5, 5.41) is 12.4. The molecule has 1 aromatic rings. The maximum atomic E-state index is 8.95. The van der Waals surface area contributed by atoms with Gasteiger partial charge in [0.2, 0.25) is 0 Å². The van der Waals surface area contributed by atoms with Crippen LogP contribution < -0.4 is 10.1 Å². The van der Waals surface area contributed by atoms with E-state index >= 15 is 0 Å². The van der Waals surface area contributed by atoms with Crippen LogP contribution in [0.15, 0.2) is 18.2 Å². The second kappa shape index (κ2) is 8.63. The number of nitrogens with zero attached hydrogens (tertiary/aromatic N) is 2. The molecule has 0 spiro atoms. The van der Waals surface area contributed by atoms with Crippen LogP contribution in [-0.4, -0.2) is 51.4 Å². The number of nitrogens with one attached hydrogen (secondary N) is 1. The van der Waals surface area contributed by atoms with Gasteiger partial charge in [-0.3, -0.25) is 4.90 Å². The van der Waals surface area contributed by atoms with Crippen LogP contribution in [-0.2, 0) is 11.3 Å². The average Bonchev–Trinajstić information content (AvgIpc) is 2.55. The van der Waals surface area contributed by atoms with Crippen LogP contribution in [0.2, 0.25) is 0 Å². The molecule has 0 aliphatic carbocycles. The number of hydrogen-bond acceptors (Lipinski definition) is 5. The topological polar surface area (TPSA) is 57.5 Å². The van der Waals surface area contributed by atoms with Crippen molar-refractivity contribution in [2.45, 2.75) is 13.0 Å². The normalized spacial score (nSPS) is 15.6. The number of morpholine rings is 1. The van der Waals surface area contributed by atoms with Gasteiger partial charge < -0.3 is 14.8 Å². The summed E-state index contributed by atoms with van der Waals surface area (Å²) in [5.41, 5.74) is 1.71. The Morgan fingerprint density at radius 3 is 2.90 bits per heavy atom. The van der Waals surface area contributed by atoms with E-state index in [2.05, 4.69) is 16.3 Å². The molecule has 1 heterocycles. The van der Waals surface area contributed by atoms with Crippen LogP contribution >= 0.6 is 0 Å². The number of hydrogen-bond donors (Lipinski definition) is 1. The van der Waals surface area contributed by atoms with Gasteiger partial charge in [0.05, 0.1) is 25.9 Å². The lowest BCUT2D eigenvalue weighted by Crippen LogP contribution is -2.37. The minimum atomic E-state index is 0.577. The lowest BCUT2D eigenvalue weighted by atomic mass is 10.1. The fourth-order valence-electron chi connectivity index (χ4n) is 2.42. The van der Waals surface area contributed by atoms with E-state index in [0.717, 1.165) is 57.9 Å². The highest BCUT2D eigenvalue weighted by molar-refractivity contribution is 5.45. The molecular formula is C16H23N3O2. The molecule has 1 aliphatic rings. The highest BCUT2D eigenvalue weighted by Gasteiger charge is 2.09. The molecular weight excluding hydrogens is 266 g/mol. The SMILES string of the molecule is COc1cc(CNCCCN2CCOCC2)ccc1C#N. The van der Waals surface area contributed by atoms with Gasteiger partial charge in [0.25, 0.3) is 0 Å². The first-order valence-corrected chi connectivity index (χ1v) is 7.41. The lowest BCUT2D eigenvalue weighted by molar-refractivity contribution is 0.0374. The summed E-state index contributed by atoms with van der Waals surface area (Å²) in [4.78, 5) is 2.44. The van der Waals surface area contributed by atoms with Crippen LogP contribution in [0.25, 0.3) is 0 Å². The Morgan fingerprint density at radius 2 is 2.19 bits per heavy atom. The molecule has 114 valence electrons. The minimum absolute atomic E-state index is 0.577. The molecule has 0 aromatic heterocycles. The van der Waals surface area contributed by atoms with E-state index in [0.29, 0.717) is 11.3 Å². The van der Waals surface area contributed by atoms with Gasteiger partial charge in [0.1, 0.15) is 11.8 Å². The largest absolute Gasteiger partial charge is 0.495 e. The standard InChI is InChI=1S/C16H23N3O2/c1-20-16-11-14(3-4-15(16)12-17)13-18-5-2-6-19-7-9-21-10-8-19/h3-4,11,18H,2,5-10,13H2,1H3. The van der Waals surface area contributed by atoms with Crippen molar-refractivity contribution in [3.05, 3.63) is 29.3 Å². The predicted molar refractivity (Wildman–Crippen MR) is 81.3 cm³/mol. The second-order valence-electron chi connectivity index (χ2n) is 5.13. The van der Waals surface area contributed by atoms with Gasteiger partial charge in [-0.25, -0.2) is 0 Å². The van der Waals surface area contributed by atoms with Crippen molar-refractivity contribution in [2.24, 2.45) is 0 Å². The molecule has 5 heteroatoms. The summed E-state index contributed by atoms with van der Waals surface area (Å²) < 4.78 is 10.5. The number of methoxy groups -OCH3 is 1. The first-order chi connectivity index (χ1) is 10.3. The zero-order valence-electron chi connectivity index (χ0n) is 12.6. The third kappa shape index (κ3) is 5.01. The Morgan fingerprint density at radius 1 is 1.38 bits per heavy atom. The van der Waals surface area contributed by atoms with E-state index < -0.39 is 0 Å². The van der Waals surface area contributed by atoms with Crippen LogP contribution in [0.3, 0.4) is 0 Å². The predicted octanol–water partition coefficient (Wildman–Crippen LogP) is 1.38. The summed E-state index contributed by atoms with van der Waals surface area (Å²) in [6.07, 6.45) is 1.13. The molecule has 0 atom stereocenters. The van der Waals surface area contributed by atoms with Crippen molar-refractivity contribution >= 4 is 0 Å². The van der Waals surface area contributed by atoms with Crippen molar-refractivity contribution < 1.29 is 9.47 Å². The molecule has 1 aromatic carbocycles. The van der Waals surface area contributed by atoms with Crippen LogP contribution in [0.4, 0.5) is 0 Å². The molecule has 0 radical (unpaired) electrons. The Balaban J connectivity index is 1.67. The minimum Gasteiger partial charge on any atom is -0.495 e. The smallest absolute Gasteiger partial charge is 0.136 e. The first-order valence-electron chi connectivity index (χ1n) is 7.41. The van der Waals surface area contributed by atoms with Gasteiger partial charge in [-0.15, -0.1) is 0 Å². The third-order valence-corrected chi connectivity index (χ3v) is 3.65. The molecule has 5 nitrogen and oxygen atoms in total. The van der Waals surface area contributed by atoms with Gasteiger partial charge >= 0.3 is 0 Å². The van der Waals surface area contributed by atoms with E-state index in [1.54, 1.807) is 7.11 Å². The maximum Gasteiger partial charge on any atom is 0.136 e. The fraction of sp³-hybridized carbons (Fsp3) is 0.562. The second-order valence-corrected chi connectivity index (χ2v) is 5.13. The summed E-state index contributed by atoms with van der Waals surface area (Å²) in [5.74, 6) is 0.644. The van der Waals surface area contributed by atoms with Gasteiger partial charge in [0.15, 0.2) is 0 Å². The summed E-state index contributed by atoms with van der Waals surface area (Å²) in [7, 11) is 1.59. The Hall–Kier alpha value is -1.61. The van der Waals surface area contributed by atoms with Crippen molar-refractivity contribution in [3.8, 4) is 11.8 Å². The van der Waals surface area contributed by atoms with E-state index in [9.17, 15) is 0 Å².